The molecule has 0 unspecified atom stereocenters. The summed E-state index contributed by atoms with van der Waals surface area (Å²) in [7, 11) is 0. The van der Waals surface area contributed by atoms with E-state index in [0.29, 0.717) is 26.6 Å². The van der Waals surface area contributed by atoms with Crippen molar-refractivity contribution in [3.05, 3.63) is 68.7 Å². The maximum atomic E-state index is 12.5. The Hall–Kier alpha value is -2.37. The molecule has 0 aliphatic carbocycles. The number of fused-ring (bicyclic) bond motifs is 1. The molecule has 0 radical (unpaired) electrons. The van der Waals surface area contributed by atoms with Crippen LogP contribution in [0.5, 0.6) is 0 Å². The number of benzene rings is 2. The number of hydrogen-bond donors (Lipinski definition) is 1. The first-order valence-corrected chi connectivity index (χ1v) is 7.91. The summed E-state index contributed by atoms with van der Waals surface area (Å²) in [5.41, 5.74) is 1.58. The van der Waals surface area contributed by atoms with Gasteiger partial charge in [0.2, 0.25) is 5.91 Å². The van der Waals surface area contributed by atoms with Gasteiger partial charge in [0.1, 0.15) is 6.54 Å². The lowest BCUT2D eigenvalue weighted by Gasteiger charge is -2.11. The number of anilines is 1. The number of nitrogens with one attached hydrogen (secondary N) is 1. The number of aryl methyl sites for hydroxylation is 1. The second-order valence-electron chi connectivity index (χ2n) is 5.32. The number of halogens is 2. The van der Waals surface area contributed by atoms with Crippen molar-refractivity contribution < 1.29 is 4.79 Å². The molecule has 0 bridgehead atoms. The summed E-state index contributed by atoms with van der Waals surface area (Å²) in [5, 5.41) is 3.98. The normalized spacial score (nSPS) is 10.8. The smallest absolute Gasteiger partial charge is 0.261 e. The zero-order chi connectivity index (χ0) is 17.3. The zero-order valence-electron chi connectivity index (χ0n) is 12.7. The van der Waals surface area contributed by atoms with E-state index in [9.17, 15) is 9.59 Å². The van der Waals surface area contributed by atoms with Crippen LogP contribution in [-0.4, -0.2) is 15.5 Å². The molecule has 0 fully saturated rings. The van der Waals surface area contributed by atoms with E-state index in [2.05, 4.69) is 10.3 Å². The minimum atomic E-state index is -0.364. The van der Waals surface area contributed by atoms with E-state index < -0.39 is 0 Å². The van der Waals surface area contributed by atoms with Gasteiger partial charge in [-0.1, -0.05) is 35.3 Å². The molecule has 0 saturated heterocycles. The van der Waals surface area contributed by atoms with Crippen molar-refractivity contribution >= 4 is 45.7 Å². The summed E-state index contributed by atoms with van der Waals surface area (Å²) in [4.78, 5) is 28.9. The van der Waals surface area contributed by atoms with Gasteiger partial charge in [-0.2, -0.15) is 0 Å². The quantitative estimate of drug-likeness (QED) is 0.774. The summed E-state index contributed by atoms with van der Waals surface area (Å²) in [6, 6.07) is 10.2. The molecule has 1 aromatic heterocycles. The van der Waals surface area contributed by atoms with Crippen LogP contribution < -0.4 is 10.9 Å². The number of para-hydroxylation sites is 1. The third-order valence-corrected chi connectivity index (χ3v) is 4.14. The zero-order valence-corrected chi connectivity index (χ0v) is 14.2. The monoisotopic (exact) mass is 361 g/mol. The highest BCUT2D eigenvalue weighted by atomic mass is 35.5. The van der Waals surface area contributed by atoms with E-state index in [1.807, 2.05) is 13.0 Å². The predicted octanol–water partition coefficient (Wildman–Crippen LogP) is 3.65. The second kappa shape index (κ2) is 6.63. The lowest BCUT2D eigenvalue weighted by molar-refractivity contribution is -0.116. The highest BCUT2D eigenvalue weighted by Gasteiger charge is 2.11. The molecule has 0 spiro atoms. The molecule has 0 atom stereocenters. The van der Waals surface area contributed by atoms with Gasteiger partial charge in [0.15, 0.2) is 0 Å². The Bertz CT molecular complexity index is 979. The highest BCUT2D eigenvalue weighted by molar-refractivity contribution is 6.34. The molecular weight excluding hydrogens is 349 g/mol. The van der Waals surface area contributed by atoms with Crippen molar-refractivity contribution in [2.75, 3.05) is 5.32 Å². The number of carbonyl (C=O) groups is 1. The third kappa shape index (κ3) is 3.27. The van der Waals surface area contributed by atoms with E-state index in [4.69, 9.17) is 23.2 Å². The fourth-order valence-electron chi connectivity index (χ4n) is 2.37. The number of nitrogens with zero attached hydrogens (tertiary/aromatic N) is 2. The molecule has 1 heterocycles. The summed E-state index contributed by atoms with van der Waals surface area (Å²) in [6.45, 7) is 1.67. The van der Waals surface area contributed by atoms with Crippen molar-refractivity contribution in [3.63, 3.8) is 0 Å². The average molecular weight is 362 g/mol. The van der Waals surface area contributed by atoms with Crippen molar-refractivity contribution in [3.8, 4) is 0 Å². The molecule has 24 heavy (non-hydrogen) atoms. The summed E-state index contributed by atoms with van der Waals surface area (Å²) < 4.78 is 1.24. The number of aromatic nitrogens is 2. The predicted molar refractivity (Wildman–Crippen MR) is 95.8 cm³/mol. The fraction of sp³-hybridized carbons (Fsp3) is 0.118. The Labute approximate surface area is 147 Å². The topological polar surface area (TPSA) is 64.0 Å². The Balaban J connectivity index is 1.88. The summed E-state index contributed by atoms with van der Waals surface area (Å²) >= 11 is 12.0. The SMILES string of the molecule is Cc1cccc(Cl)c1NC(=O)Cn1cnc2ccc(Cl)cc2c1=O. The van der Waals surface area contributed by atoms with Crippen LogP contribution >= 0.6 is 23.2 Å². The van der Waals surface area contributed by atoms with Crippen molar-refractivity contribution in [1.82, 2.24) is 9.55 Å². The van der Waals surface area contributed by atoms with Gasteiger partial charge in [0.05, 0.1) is 27.9 Å². The number of carbonyl (C=O) groups excluding carboxylic acids is 1. The van der Waals surface area contributed by atoms with Crippen LogP contribution in [0, 0.1) is 6.92 Å². The van der Waals surface area contributed by atoms with Crippen LogP contribution in [0.3, 0.4) is 0 Å². The molecule has 0 aliphatic heterocycles. The Kier molecular flexibility index (Phi) is 4.55. The Morgan fingerprint density at radius 2 is 2.04 bits per heavy atom. The van der Waals surface area contributed by atoms with Crippen LogP contribution in [0.1, 0.15) is 5.56 Å². The summed E-state index contributed by atoms with van der Waals surface area (Å²) in [5.74, 6) is -0.364. The molecule has 122 valence electrons. The molecule has 7 heteroatoms. The Morgan fingerprint density at radius 3 is 2.79 bits per heavy atom. The molecule has 1 N–H and O–H groups in total. The first-order chi connectivity index (χ1) is 11.5. The van der Waals surface area contributed by atoms with E-state index >= 15 is 0 Å². The van der Waals surface area contributed by atoms with E-state index in [1.165, 1.54) is 10.9 Å². The van der Waals surface area contributed by atoms with E-state index in [0.717, 1.165) is 5.56 Å². The van der Waals surface area contributed by atoms with Gasteiger partial charge in [-0.15, -0.1) is 0 Å². The third-order valence-electron chi connectivity index (χ3n) is 3.59. The maximum Gasteiger partial charge on any atom is 0.261 e. The van der Waals surface area contributed by atoms with Gasteiger partial charge in [0.25, 0.3) is 5.56 Å². The molecule has 3 rings (SSSR count). The van der Waals surface area contributed by atoms with Gasteiger partial charge < -0.3 is 5.32 Å². The number of amides is 1. The molecule has 5 nitrogen and oxygen atoms in total. The molecule has 1 amide bonds. The van der Waals surface area contributed by atoms with Gasteiger partial charge in [-0.05, 0) is 36.8 Å². The van der Waals surface area contributed by atoms with Gasteiger partial charge in [-0.3, -0.25) is 14.2 Å². The maximum absolute atomic E-state index is 12.5. The number of rotatable bonds is 3. The number of hydrogen-bond acceptors (Lipinski definition) is 3. The van der Waals surface area contributed by atoms with Crippen molar-refractivity contribution in [2.45, 2.75) is 13.5 Å². The molecule has 0 saturated carbocycles. The standard InChI is InChI=1S/C17H13Cl2N3O2/c1-10-3-2-4-13(19)16(10)21-15(23)8-22-9-20-14-6-5-11(18)7-12(14)17(22)24/h2-7,9H,8H2,1H3,(H,21,23). The average Bonchev–Trinajstić information content (AvgIpc) is 2.54. The fourth-order valence-corrected chi connectivity index (χ4v) is 2.81. The molecule has 3 aromatic rings. The molecule has 0 aliphatic rings. The highest BCUT2D eigenvalue weighted by Crippen LogP contribution is 2.25. The second-order valence-corrected chi connectivity index (χ2v) is 6.16. The lowest BCUT2D eigenvalue weighted by Crippen LogP contribution is -2.28. The minimum absolute atomic E-state index is 0.168. The van der Waals surface area contributed by atoms with Crippen LogP contribution in [0.25, 0.3) is 10.9 Å². The van der Waals surface area contributed by atoms with Crippen molar-refractivity contribution in [2.24, 2.45) is 0 Å². The van der Waals surface area contributed by atoms with E-state index in [-0.39, 0.29) is 18.0 Å². The first kappa shape index (κ1) is 16.5. The van der Waals surface area contributed by atoms with Crippen LogP contribution in [0.2, 0.25) is 10.0 Å². The van der Waals surface area contributed by atoms with Crippen molar-refractivity contribution in [1.29, 1.82) is 0 Å². The largest absolute Gasteiger partial charge is 0.323 e. The molecule has 2 aromatic carbocycles. The Morgan fingerprint density at radius 1 is 1.25 bits per heavy atom. The molecular formula is C17H13Cl2N3O2. The van der Waals surface area contributed by atoms with E-state index in [1.54, 1.807) is 30.3 Å². The van der Waals surface area contributed by atoms with Crippen LogP contribution in [0.15, 0.2) is 47.5 Å². The van der Waals surface area contributed by atoms with Gasteiger partial charge in [0, 0.05) is 5.02 Å². The lowest BCUT2D eigenvalue weighted by atomic mass is 10.2. The van der Waals surface area contributed by atoms with Crippen LogP contribution in [-0.2, 0) is 11.3 Å². The first-order valence-electron chi connectivity index (χ1n) is 7.15. The van der Waals surface area contributed by atoms with Gasteiger partial charge in [-0.25, -0.2) is 4.98 Å². The van der Waals surface area contributed by atoms with Crippen LogP contribution in [0.4, 0.5) is 5.69 Å². The summed E-state index contributed by atoms with van der Waals surface area (Å²) in [6.07, 6.45) is 1.34. The van der Waals surface area contributed by atoms with Gasteiger partial charge >= 0.3 is 0 Å². The minimum Gasteiger partial charge on any atom is -0.323 e.